The van der Waals surface area contributed by atoms with Crippen LogP contribution in [0.2, 0.25) is 0 Å². The summed E-state index contributed by atoms with van der Waals surface area (Å²) in [5.74, 6) is -0.0212. The quantitative estimate of drug-likeness (QED) is 0.880. The summed E-state index contributed by atoms with van der Waals surface area (Å²) in [4.78, 5) is 15.0. The van der Waals surface area contributed by atoms with Gasteiger partial charge in [0.05, 0.1) is 9.89 Å². The lowest BCUT2D eigenvalue weighted by molar-refractivity contribution is -0.142. The second-order valence-electron chi connectivity index (χ2n) is 3.77. The summed E-state index contributed by atoms with van der Waals surface area (Å²) in [6.07, 6.45) is 3.17. The summed E-state index contributed by atoms with van der Waals surface area (Å²) in [5.41, 5.74) is -0.559. The van der Waals surface area contributed by atoms with Gasteiger partial charge in [-0.1, -0.05) is 0 Å². The first-order chi connectivity index (χ1) is 7.14. The molecule has 0 aliphatic heterocycles. The largest absolute Gasteiger partial charge is 0.481 e. The fourth-order valence-electron chi connectivity index (χ4n) is 1.39. The zero-order chi connectivity index (χ0) is 10.9. The third-order valence-corrected chi connectivity index (χ3v) is 3.30. The number of rotatable bonds is 4. The van der Waals surface area contributed by atoms with Crippen molar-refractivity contribution in [3.8, 4) is 0 Å². The van der Waals surface area contributed by atoms with Crippen molar-refractivity contribution >= 4 is 27.7 Å². The molecule has 0 radical (unpaired) electrons. The Balaban J connectivity index is 2.00. The van der Waals surface area contributed by atoms with Crippen LogP contribution in [0.25, 0.3) is 0 Å². The normalized spacial score (nSPS) is 17.1. The van der Waals surface area contributed by atoms with Gasteiger partial charge in [0.25, 0.3) is 0 Å². The van der Waals surface area contributed by atoms with Crippen LogP contribution in [-0.4, -0.2) is 22.6 Å². The first kappa shape index (κ1) is 10.4. The number of carboxylic acids is 1. The van der Waals surface area contributed by atoms with Crippen LogP contribution in [0.15, 0.2) is 22.8 Å². The fourth-order valence-corrected chi connectivity index (χ4v) is 1.78. The Kier molecular flexibility index (Phi) is 2.65. The van der Waals surface area contributed by atoms with Crippen LogP contribution < -0.4 is 5.32 Å². The molecule has 1 saturated carbocycles. The highest BCUT2D eigenvalue weighted by Crippen LogP contribution is 2.45. The summed E-state index contributed by atoms with van der Waals surface area (Å²) in [6, 6.07) is 3.69. The maximum atomic E-state index is 10.9. The van der Waals surface area contributed by atoms with Crippen molar-refractivity contribution in [3.05, 3.63) is 22.8 Å². The molecule has 2 N–H and O–H groups in total. The van der Waals surface area contributed by atoms with Crippen molar-refractivity contribution in [2.75, 3.05) is 11.9 Å². The molecule has 1 heterocycles. The van der Waals surface area contributed by atoms with E-state index in [0.29, 0.717) is 12.4 Å². The van der Waals surface area contributed by atoms with Gasteiger partial charge in [-0.15, -0.1) is 0 Å². The van der Waals surface area contributed by atoms with Gasteiger partial charge in [0.2, 0.25) is 0 Å². The highest BCUT2D eigenvalue weighted by atomic mass is 79.9. The predicted octanol–water partition coefficient (Wildman–Crippen LogP) is 2.12. The SMILES string of the molecule is O=C(O)C1(CNc2ncccc2Br)CC1. The molecule has 80 valence electrons. The van der Waals surface area contributed by atoms with Crippen LogP contribution in [0.1, 0.15) is 12.8 Å². The van der Waals surface area contributed by atoms with E-state index in [9.17, 15) is 4.79 Å². The van der Waals surface area contributed by atoms with Crippen molar-refractivity contribution < 1.29 is 9.90 Å². The van der Waals surface area contributed by atoms with Crippen molar-refractivity contribution in [2.24, 2.45) is 5.41 Å². The molecule has 15 heavy (non-hydrogen) atoms. The minimum Gasteiger partial charge on any atom is -0.481 e. The molecule has 0 saturated heterocycles. The minimum atomic E-state index is -0.720. The van der Waals surface area contributed by atoms with Crippen molar-refractivity contribution in [3.63, 3.8) is 0 Å². The fraction of sp³-hybridized carbons (Fsp3) is 0.400. The summed E-state index contributed by atoms with van der Waals surface area (Å²) >= 11 is 3.35. The van der Waals surface area contributed by atoms with E-state index in [1.165, 1.54) is 0 Å². The molecule has 0 spiro atoms. The van der Waals surface area contributed by atoms with Gasteiger partial charge in [-0.2, -0.15) is 0 Å². The highest BCUT2D eigenvalue weighted by Gasteiger charge is 2.50. The first-order valence-electron chi connectivity index (χ1n) is 4.72. The lowest BCUT2D eigenvalue weighted by Gasteiger charge is -2.12. The topological polar surface area (TPSA) is 62.2 Å². The average Bonchev–Trinajstić information content (AvgIpc) is 2.98. The van der Waals surface area contributed by atoms with Crippen molar-refractivity contribution in [1.82, 2.24) is 4.98 Å². The van der Waals surface area contributed by atoms with Gasteiger partial charge >= 0.3 is 5.97 Å². The molecular formula is C10H11BrN2O2. The average molecular weight is 271 g/mol. The smallest absolute Gasteiger partial charge is 0.311 e. The molecular weight excluding hydrogens is 260 g/mol. The highest BCUT2D eigenvalue weighted by molar-refractivity contribution is 9.10. The van der Waals surface area contributed by atoms with Crippen LogP contribution in [-0.2, 0) is 4.79 Å². The van der Waals surface area contributed by atoms with Gasteiger partial charge in [0.1, 0.15) is 5.82 Å². The van der Waals surface area contributed by atoms with E-state index in [0.717, 1.165) is 17.3 Å². The molecule has 1 aromatic rings. The molecule has 5 heteroatoms. The first-order valence-corrected chi connectivity index (χ1v) is 5.51. The van der Waals surface area contributed by atoms with Gasteiger partial charge < -0.3 is 10.4 Å². The maximum Gasteiger partial charge on any atom is 0.311 e. The number of aliphatic carboxylic acids is 1. The summed E-state index contributed by atoms with van der Waals surface area (Å²) in [6.45, 7) is 0.442. The van der Waals surface area contributed by atoms with E-state index in [4.69, 9.17) is 5.11 Å². The Bertz CT molecular complexity index is 391. The number of nitrogens with one attached hydrogen (secondary N) is 1. The maximum absolute atomic E-state index is 10.9. The Morgan fingerprint density at radius 3 is 2.93 bits per heavy atom. The lowest BCUT2D eigenvalue weighted by atomic mass is 10.1. The third kappa shape index (κ3) is 2.12. The molecule has 1 fully saturated rings. The number of anilines is 1. The number of halogens is 1. The second-order valence-corrected chi connectivity index (χ2v) is 4.63. The molecule has 1 aromatic heterocycles. The van der Waals surface area contributed by atoms with E-state index >= 15 is 0 Å². The molecule has 0 aromatic carbocycles. The van der Waals surface area contributed by atoms with E-state index in [1.54, 1.807) is 6.20 Å². The number of carboxylic acid groups (broad SMARTS) is 1. The number of pyridine rings is 1. The van der Waals surface area contributed by atoms with Crippen molar-refractivity contribution in [1.29, 1.82) is 0 Å². The molecule has 0 atom stereocenters. The van der Waals surface area contributed by atoms with Crippen LogP contribution in [0, 0.1) is 5.41 Å². The summed E-state index contributed by atoms with van der Waals surface area (Å²) in [7, 11) is 0. The number of nitrogens with zero attached hydrogens (tertiary/aromatic N) is 1. The van der Waals surface area contributed by atoms with Gasteiger partial charge in [-0.25, -0.2) is 4.98 Å². The Hall–Kier alpha value is -1.10. The Morgan fingerprint density at radius 1 is 1.67 bits per heavy atom. The number of aromatic nitrogens is 1. The Morgan fingerprint density at radius 2 is 2.40 bits per heavy atom. The summed E-state index contributed by atoms with van der Waals surface area (Å²) < 4.78 is 0.853. The van der Waals surface area contributed by atoms with Crippen LogP contribution in [0.4, 0.5) is 5.82 Å². The van der Waals surface area contributed by atoms with E-state index in [2.05, 4.69) is 26.2 Å². The molecule has 2 rings (SSSR count). The molecule has 1 aliphatic carbocycles. The van der Waals surface area contributed by atoms with Gasteiger partial charge in [-0.3, -0.25) is 4.79 Å². The second kappa shape index (κ2) is 3.81. The predicted molar refractivity (Wildman–Crippen MR) is 59.7 cm³/mol. The van der Waals surface area contributed by atoms with Gasteiger partial charge in [-0.05, 0) is 40.9 Å². The monoisotopic (exact) mass is 270 g/mol. The zero-order valence-corrected chi connectivity index (χ0v) is 9.62. The standard InChI is InChI=1S/C10H11BrN2O2/c11-7-2-1-5-12-8(7)13-6-10(3-4-10)9(14)15/h1-2,5H,3-4,6H2,(H,12,13)(H,14,15). The van der Waals surface area contributed by atoms with E-state index < -0.39 is 11.4 Å². The third-order valence-electron chi connectivity index (χ3n) is 2.66. The molecule has 0 unspecified atom stereocenters. The van der Waals surface area contributed by atoms with Gasteiger partial charge in [0.15, 0.2) is 0 Å². The minimum absolute atomic E-state index is 0.442. The molecule has 0 amide bonds. The number of hydrogen-bond acceptors (Lipinski definition) is 3. The molecule has 4 nitrogen and oxygen atoms in total. The molecule has 1 aliphatic rings. The van der Waals surface area contributed by atoms with Crippen LogP contribution >= 0.6 is 15.9 Å². The van der Waals surface area contributed by atoms with E-state index in [-0.39, 0.29) is 0 Å². The van der Waals surface area contributed by atoms with Crippen LogP contribution in [0.3, 0.4) is 0 Å². The van der Waals surface area contributed by atoms with Gasteiger partial charge in [0, 0.05) is 12.7 Å². The Labute approximate surface area is 95.8 Å². The van der Waals surface area contributed by atoms with Crippen molar-refractivity contribution in [2.45, 2.75) is 12.8 Å². The number of carbonyl (C=O) groups is 1. The lowest BCUT2D eigenvalue weighted by Crippen LogP contribution is -2.24. The molecule has 0 bridgehead atoms. The number of hydrogen-bond donors (Lipinski definition) is 2. The van der Waals surface area contributed by atoms with E-state index in [1.807, 2.05) is 12.1 Å². The summed E-state index contributed by atoms with van der Waals surface area (Å²) in [5, 5.41) is 12.0. The van der Waals surface area contributed by atoms with Crippen LogP contribution in [0.5, 0.6) is 0 Å². The zero-order valence-electron chi connectivity index (χ0n) is 8.03.